The number of carbonyl (C=O) groups excluding carboxylic acids is 2. The lowest BCUT2D eigenvalue weighted by molar-refractivity contribution is -0.132. The van der Waals surface area contributed by atoms with Gasteiger partial charge in [-0.05, 0) is 13.3 Å². The molecule has 0 aliphatic heterocycles. The molecule has 0 aliphatic rings. The minimum atomic E-state index is -0.750. The zero-order valence-electron chi connectivity index (χ0n) is 15.2. The molecule has 0 bridgehead atoms. The summed E-state index contributed by atoms with van der Waals surface area (Å²) in [5.74, 6) is -0.158. The lowest BCUT2D eigenvalue weighted by Gasteiger charge is -2.25. The van der Waals surface area contributed by atoms with Crippen molar-refractivity contribution in [1.82, 2.24) is 5.32 Å². The molecule has 4 heteroatoms. The number of hydrogen-bond donors (Lipinski definition) is 2. The highest BCUT2D eigenvalue weighted by Gasteiger charge is 2.29. The topological polar surface area (TPSA) is 66.4 Å². The van der Waals surface area contributed by atoms with E-state index in [0.717, 1.165) is 25.7 Å². The average molecular weight is 313 g/mol. The SMILES string of the molecule is CCCCC[C@H](CC(=O)[C@@H](NC(C)C)C(C)O)C(=O)C(C)C. The van der Waals surface area contributed by atoms with Crippen LogP contribution in [0.15, 0.2) is 0 Å². The number of rotatable bonds is 12. The van der Waals surface area contributed by atoms with E-state index < -0.39 is 12.1 Å². The molecule has 0 rings (SSSR count). The molecule has 2 N–H and O–H groups in total. The predicted molar refractivity (Wildman–Crippen MR) is 90.8 cm³/mol. The lowest BCUT2D eigenvalue weighted by Crippen LogP contribution is -2.48. The van der Waals surface area contributed by atoms with E-state index in [4.69, 9.17) is 0 Å². The van der Waals surface area contributed by atoms with Gasteiger partial charge in [-0.3, -0.25) is 9.59 Å². The van der Waals surface area contributed by atoms with Gasteiger partial charge in [-0.15, -0.1) is 0 Å². The highest BCUT2D eigenvalue weighted by atomic mass is 16.3. The molecule has 4 nitrogen and oxygen atoms in total. The van der Waals surface area contributed by atoms with E-state index >= 15 is 0 Å². The normalized spacial score (nSPS) is 15.9. The molecule has 1 unspecified atom stereocenters. The second-order valence-corrected chi connectivity index (χ2v) is 6.96. The van der Waals surface area contributed by atoms with Crippen LogP contribution in [0.1, 0.15) is 73.6 Å². The Morgan fingerprint density at radius 3 is 2.05 bits per heavy atom. The van der Waals surface area contributed by atoms with Crippen molar-refractivity contribution in [3.05, 3.63) is 0 Å². The first-order valence-electron chi connectivity index (χ1n) is 8.71. The van der Waals surface area contributed by atoms with Gasteiger partial charge >= 0.3 is 0 Å². The molecule has 0 saturated carbocycles. The molecule has 0 radical (unpaired) electrons. The van der Waals surface area contributed by atoms with Crippen molar-refractivity contribution >= 4 is 11.6 Å². The van der Waals surface area contributed by atoms with Crippen LogP contribution in [0.5, 0.6) is 0 Å². The summed E-state index contributed by atoms with van der Waals surface area (Å²) < 4.78 is 0. The average Bonchev–Trinajstić information content (AvgIpc) is 2.42. The molecular formula is C18H35NO3. The van der Waals surface area contributed by atoms with Crippen molar-refractivity contribution in [3.8, 4) is 0 Å². The van der Waals surface area contributed by atoms with Gasteiger partial charge in [0.25, 0.3) is 0 Å². The molecule has 0 aromatic carbocycles. The molecule has 0 aromatic rings. The standard InChI is InChI=1S/C18H35NO3/c1-7-8-9-10-15(18(22)12(2)3)11-16(21)17(14(6)20)19-13(4)5/h12-15,17,19-20H,7-11H2,1-6H3/t14?,15-,17+/m1/s1. The molecular weight excluding hydrogens is 278 g/mol. The van der Waals surface area contributed by atoms with Crippen molar-refractivity contribution in [1.29, 1.82) is 0 Å². The Labute approximate surface area is 136 Å². The van der Waals surface area contributed by atoms with E-state index in [1.165, 1.54) is 0 Å². The first-order valence-corrected chi connectivity index (χ1v) is 8.71. The number of aliphatic hydroxyl groups excluding tert-OH is 1. The highest BCUT2D eigenvalue weighted by molar-refractivity contribution is 5.91. The van der Waals surface area contributed by atoms with Crippen molar-refractivity contribution in [2.24, 2.45) is 11.8 Å². The van der Waals surface area contributed by atoms with E-state index in [9.17, 15) is 14.7 Å². The highest BCUT2D eigenvalue weighted by Crippen LogP contribution is 2.20. The van der Waals surface area contributed by atoms with Crippen LogP contribution in [0, 0.1) is 11.8 Å². The van der Waals surface area contributed by atoms with E-state index in [-0.39, 0.29) is 35.9 Å². The van der Waals surface area contributed by atoms with Gasteiger partial charge in [0.05, 0.1) is 12.1 Å². The fraction of sp³-hybridized carbons (Fsp3) is 0.889. The van der Waals surface area contributed by atoms with Crippen LogP contribution >= 0.6 is 0 Å². The first-order chi connectivity index (χ1) is 10.2. The molecule has 0 fully saturated rings. The van der Waals surface area contributed by atoms with Crippen molar-refractivity contribution < 1.29 is 14.7 Å². The summed E-state index contributed by atoms with van der Waals surface area (Å²) in [7, 11) is 0. The monoisotopic (exact) mass is 313 g/mol. The molecule has 0 amide bonds. The van der Waals surface area contributed by atoms with E-state index in [1.54, 1.807) is 6.92 Å². The predicted octanol–water partition coefficient (Wildman–Crippen LogP) is 3.11. The summed E-state index contributed by atoms with van der Waals surface area (Å²) in [5, 5.41) is 12.9. The summed E-state index contributed by atoms with van der Waals surface area (Å²) in [6.07, 6.45) is 3.41. The maximum Gasteiger partial charge on any atom is 0.153 e. The summed E-state index contributed by atoms with van der Waals surface area (Å²) in [6.45, 7) is 11.4. The number of aliphatic hydroxyl groups is 1. The zero-order chi connectivity index (χ0) is 17.3. The molecule has 0 spiro atoms. The Morgan fingerprint density at radius 1 is 1.05 bits per heavy atom. The van der Waals surface area contributed by atoms with Gasteiger partial charge < -0.3 is 10.4 Å². The molecule has 130 valence electrons. The van der Waals surface area contributed by atoms with Crippen LogP contribution in [0.4, 0.5) is 0 Å². The summed E-state index contributed by atoms with van der Waals surface area (Å²) >= 11 is 0. The molecule has 22 heavy (non-hydrogen) atoms. The van der Waals surface area contributed by atoms with Gasteiger partial charge in [-0.25, -0.2) is 0 Å². The van der Waals surface area contributed by atoms with Gasteiger partial charge in [0, 0.05) is 24.3 Å². The molecule has 0 aliphatic carbocycles. The van der Waals surface area contributed by atoms with E-state index in [1.807, 2.05) is 27.7 Å². The van der Waals surface area contributed by atoms with Crippen LogP contribution in [0.2, 0.25) is 0 Å². The second kappa shape index (κ2) is 10.9. The van der Waals surface area contributed by atoms with Gasteiger partial charge in [0.1, 0.15) is 5.78 Å². The Balaban J connectivity index is 4.86. The van der Waals surface area contributed by atoms with Crippen LogP contribution in [-0.2, 0) is 9.59 Å². The summed E-state index contributed by atoms with van der Waals surface area (Å²) in [4.78, 5) is 24.9. The van der Waals surface area contributed by atoms with Gasteiger partial charge in [0.2, 0.25) is 0 Å². The van der Waals surface area contributed by atoms with Crippen LogP contribution in [-0.4, -0.2) is 34.9 Å². The number of unbranched alkanes of at least 4 members (excludes halogenated alkanes) is 2. The Hall–Kier alpha value is -0.740. The summed E-state index contributed by atoms with van der Waals surface area (Å²) in [5.41, 5.74) is 0. The Morgan fingerprint density at radius 2 is 1.64 bits per heavy atom. The number of nitrogens with one attached hydrogen (secondary N) is 1. The van der Waals surface area contributed by atoms with Crippen molar-refractivity contribution in [3.63, 3.8) is 0 Å². The number of Topliss-reactive ketones (excluding diaryl/α,β-unsaturated/α-hetero) is 2. The van der Waals surface area contributed by atoms with E-state index in [0.29, 0.717) is 0 Å². The zero-order valence-corrected chi connectivity index (χ0v) is 15.2. The molecule has 0 saturated heterocycles. The van der Waals surface area contributed by atoms with Crippen LogP contribution in [0.3, 0.4) is 0 Å². The van der Waals surface area contributed by atoms with Crippen LogP contribution in [0.25, 0.3) is 0 Å². The third-order valence-electron chi connectivity index (χ3n) is 3.92. The fourth-order valence-electron chi connectivity index (χ4n) is 2.69. The van der Waals surface area contributed by atoms with Gasteiger partial charge in [-0.1, -0.05) is 53.9 Å². The minimum Gasteiger partial charge on any atom is -0.391 e. The smallest absolute Gasteiger partial charge is 0.153 e. The first kappa shape index (κ1) is 21.3. The van der Waals surface area contributed by atoms with Crippen LogP contribution < -0.4 is 5.32 Å². The minimum absolute atomic E-state index is 0.0533. The quantitative estimate of drug-likeness (QED) is 0.543. The molecule has 0 aromatic heterocycles. The van der Waals surface area contributed by atoms with Crippen molar-refractivity contribution in [2.75, 3.05) is 0 Å². The molecule has 3 atom stereocenters. The number of carbonyl (C=O) groups is 2. The van der Waals surface area contributed by atoms with Crippen molar-refractivity contribution in [2.45, 2.75) is 91.8 Å². The van der Waals surface area contributed by atoms with Gasteiger partial charge in [-0.2, -0.15) is 0 Å². The maximum atomic E-state index is 12.5. The van der Waals surface area contributed by atoms with E-state index in [2.05, 4.69) is 12.2 Å². The Bertz CT molecular complexity index is 337. The number of hydrogen-bond acceptors (Lipinski definition) is 4. The third-order valence-corrected chi connectivity index (χ3v) is 3.92. The third kappa shape index (κ3) is 8.04. The largest absolute Gasteiger partial charge is 0.391 e. The molecule has 0 heterocycles. The number of ketones is 2. The maximum absolute atomic E-state index is 12.5. The fourth-order valence-corrected chi connectivity index (χ4v) is 2.69. The summed E-state index contributed by atoms with van der Waals surface area (Å²) in [6, 6.07) is -0.475. The van der Waals surface area contributed by atoms with Gasteiger partial charge in [0.15, 0.2) is 5.78 Å². The second-order valence-electron chi connectivity index (χ2n) is 6.96. The Kier molecular flexibility index (Phi) is 10.5. The lowest BCUT2D eigenvalue weighted by atomic mass is 9.85.